The molecule has 1 aliphatic heterocycles. The number of ether oxygens (including phenoxy) is 1. The van der Waals surface area contributed by atoms with E-state index in [4.69, 9.17) is 4.74 Å². The molecule has 3 aromatic rings. The Kier molecular flexibility index (Phi) is 8.20. The molecule has 0 aromatic carbocycles. The first-order chi connectivity index (χ1) is 19.1. The van der Waals surface area contributed by atoms with Gasteiger partial charge in [0.15, 0.2) is 11.3 Å². The van der Waals surface area contributed by atoms with Crippen molar-refractivity contribution in [2.75, 3.05) is 26.8 Å². The van der Waals surface area contributed by atoms with Crippen molar-refractivity contribution in [3.63, 3.8) is 0 Å². The highest BCUT2D eigenvalue weighted by atomic mass is 19.4. The molecule has 2 atom stereocenters. The van der Waals surface area contributed by atoms with Crippen molar-refractivity contribution < 1.29 is 40.9 Å². The number of amides is 3. The molecular formula is C24H29F5N8O4. The third-order valence-corrected chi connectivity index (χ3v) is 6.96. The average molecular weight is 589 g/mol. The number of hydrogen-bond donors (Lipinski definition) is 2. The van der Waals surface area contributed by atoms with Crippen LogP contribution in [0.4, 0.5) is 26.7 Å². The summed E-state index contributed by atoms with van der Waals surface area (Å²) < 4.78 is 80.0. The number of fused-ring (bicyclic) bond motifs is 1. The van der Waals surface area contributed by atoms with Crippen LogP contribution in [0.25, 0.3) is 5.65 Å². The fourth-order valence-electron chi connectivity index (χ4n) is 4.32. The number of rotatable bonds is 10. The van der Waals surface area contributed by atoms with Gasteiger partial charge in [-0.05, 0) is 31.0 Å². The van der Waals surface area contributed by atoms with E-state index in [-0.39, 0.29) is 42.2 Å². The Morgan fingerprint density at radius 2 is 2.02 bits per heavy atom. The molecule has 224 valence electrons. The van der Waals surface area contributed by atoms with Gasteiger partial charge < -0.3 is 20.3 Å². The summed E-state index contributed by atoms with van der Waals surface area (Å²) in [7, 11) is 1.36. The van der Waals surface area contributed by atoms with Crippen molar-refractivity contribution in [2.45, 2.75) is 57.8 Å². The number of methoxy groups -OCH3 is 1. The number of alkyl halides is 5. The summed E-state index contributed by atoms with van der Waals surface area (Å²) in [5.74, 6) is -3.88. The van der Waals surface area contributed by atoms with Crippen LogP contribution in [0, 0.1) is 12.3 Å². The Morgan fingerprint density at radius 3 is 2.66 bits per heavy atom. The van der Waals surface area contributed by atoms with Crippen LogP contribution in [0.3, 0.4) is 0 Å². The Balaban J connectivity index is 1.66. The number of halogens is 5. The van der Waals surface area contributed by atoms with Crippen molar-refractivity contribution >= 4 is 17.6 Å². The largest absolute Gasteiger partial charge is 0.393 e. The predicted molar refractivity (Wildman–Crippen MR) is 131 cm³/mol. The van der Waals surface area contributed by atoms with Crippen LogP contribution in [-0.4, -0.2) is 80.7 Å². The van der Waals surface area contributed by atoms with Gasteiger partial charge in [0, 0.05) is 12.7 Å². The highest BCUT2D eigenvalue weighted by Crippen LogP contribution is 2.42. The monoisotopic (exact) mass is 588 g/mol. The van der Waals surface area contributed by atoms with Crippen LogP contribution in [0.5, 0.6) is 0 Å². The molecule has 4 heterocycles. The summed E-state index contributed by atoms with van der Waals surface area (Å²) in [6, 6.07) is -1.12. The van der Waals surface area contributed by atoms with Crippen molar-refractivity contribution in [2.24, 2.45) is 5.41 Å². The lowest BCUT2D eigenvalue weighted by Gasteiger charge is -2.38. The summed E-state index contributed by atoms with van der Waals surface area (Å²) >= 11 is 0. The van der Waals surface area contributed by atoms with Crippen molar-refractivity contribution in [3.8, 4) is 0 Å². The van der Waals surface area contributed by atoms with Crippen LogP contribution in [0.1, 0.15) is 66.2 Å². The van der Waals surface area contributed by atoms with E-state index in [1.165, 1.54) is 37.0 Å². The summed E-state index contributed by atoms with van der Waals surface area (Å²) in [6.45, 7) is 1.86. The number of aryl methyl sites for hydroxylation is 1. The van der Waals surface area contributed by atoms with E-state index < -0.39 is 54.6 Å². The van der Waals surface area contributed by atoms with E-state index in [9.17, 15) is 31.5 Å². The zero-order valence-corrected chi connectivity index (χ0v) is 22.6. The smallest absolute Gasteiger partial charge is 0.382 e. The number of nitrogens with one attached hydrogen (secondary N) is 2. The van der Waals surface area contributed by atoms with Crippen molar-refractivity contribution in [1.82, 2.24) is 40.4 Å². The van der Waals surface area contributed by atoms with Gasteiger partial charge in [0.05, 0.1) is 55.3 Å². The van der Waals surface area contributed by atoms with Gasteiger partial charge in [0.2, 0.25) is 0 Å². The third kappa shape index (κ3) is 6.55. The lowest BCUT2D eigenvalue weighted by Crippen LogP contribution is -2.58. The second kappa shape index (κ2) is 11.2. The van der Waals surface area contributed by atoms with Crippen molar-refractivity contribution in [1.29, 1.82) is 0 Å². The minimum absolute atomic E-state index is 0.120. The molecule has 41 heavy (non-hydrogen) atoms. The number of carbonyl (C=O) groups excluding carboxylic acids is 2. The molecule has 4 rings (SSSR count). The van der Waals surface area contributed by atoms with Gasteiger partial charge in [-0.25, -0.2) is 27.7 Å². The summed E-state index contributed by atoms with van der Waals surface area (Å²) in [6.07, 6.45) is -2.19. The quantitative estimate of drug-likeness (QED) is 0.343. The fourth-order valence-corrected chi connectivity index (χ4v) is 4.32. The summed E-state index contributed by atoms with van der Waals surface area (Å²) in [5, 5.41) is 16.2. The van der Waals surface area contributed by atoms with E-state index in [1.807, 2.05) is 0 Å². The number of carbonyl (C=O) groups is 2. The van der Waals surface area contributed by atoms with Gasteiger partial charge >= 0.3 is 12.2 Å². The molecule has 1 fully saturated rings. The maximum Gasteiger partial charge on any atom is 0.393 e. The minimum atomic E-state index is -4.49. The SMILES string of the molecule is COCC(c1cnn2cc(C(CCC(C)(C)C(F)(F)F)NC(=O)c3nonc3C)nc2c1)N1CC(F)(F)CNC1=O. The molecule has 0 aliphatic carbocycles. The molecule has 3 aromatic heterocycles. The molecule has 0 spiro atoms. The molecule has 1 aliphatic rings. The highest BCUT2D eigenvalue weighted by molar-refractivity contribution is 5.93. The van der Waals surface area contributed by atoms with Gasteiger partial charge in [-0.15, -0.1) is 0 Å². The molecule has 0 saturated carbocycles. The van der Waals surface area contributed by atoms with E-state index >= 15 is 0 Å². The molecule has 3 amide bonds. The average Bonchev–Trinajstić information content (AvgIpc) is 3.51. The number of hydrogen-bond acceptors (Lipinski definition) is 8. The van der Waals surface area contributed by atoms with E-state index in [1.54, 1.807) is 0 Å². The Morgan fingerprint density at radius 1 is 1.29 bits per heavy atom. The number of imidazole rings is 1. The first kappa shape index (κ1) is 30.1. The summed E-state index contributed by atoms with van der Waals surface area (Å²) in [5.41, 5.74) is -1.26. The Bertz CT molecular complexity index is 1410. The maximum atomic E-state index is 14.1. The Hall–Kier alpha value is -3.89. The third-order valence-electron chi connectivity index (χ3n) is 6.96. The molecular weight excluding hydrogens is 559 g/mol. The van der Waals surface area contributed by atoms with Gasteiger partial charge in [-0.3, -0.25) is 4.79 Å². The van der Waals surface area contributed by atoms with Crippen LogP contribution < -0.4 is 10.6 Å². The Labute approximate surface area is 230 Å². The molecule has 2 N–H and O–H groups in total. The standard InChI is InChI=1S/C24H29F5N8O4/c1-13-19(35-41-34-13)20(38)33-15(5-6-22(2,3)24(27,28)29)16-9-37-18(32-16)7-14(8-31-37)17(10-40-4)36-12-23(25,26)11-30-21(36)39/h7-9,15,17H,5-6,10-12H2,1-4H3,(H,30,39)(H,33,38). The van der Waals surface area contributed by atoms with Gasteiger partial charge in [-0.2, -0.15) is 18.3 Å². The van der Waals surface area contributed by atoms with Gasteiger partial charge in [0.25, 0.3) is 11.8 Å². The number of urea groups is 1. The first-order valence-corrected chi connectivity index (χ1v) is 12.5. The maximum absolute atomic E-state index is 14.1. The fraction of sp³-hybridized carbons (Fsp3) is 0.583. The normalized spacial score (nSPS) is 17.4. The second-order valence-electron chi connectivity index (χ2n) is 10.5. The van der Waals surface area contributed by atoms with Crippen LogP contribution in [0.2, 0.25) is 0 Å². The molecule has 0 radical (unpaired) electrons. The summed E-state index contributed by atoms with van der Waals surface area (Å²) in [4.78, 5) is 30.7. The zero-order chi connectivity index (χ0) is 30.2. The van der Waals surface area contributed by atoms with Gasteiger partial charge in [0.1, 0.15) is 5.69 Å². The van der Waals surface area contributed by atoms with E-state index in [2.05, 4.69) is 35.7 Å². The van der Waals surface area contributed by atoms with Crippen LogP contribution in [0.15, 0.2) is 23.1 Å². The molecule has 2 unspecified atom stereocenters. The van der Waals surface area contributed by atoms with Crippen molar-refractivity contribution in [3.05, 3.63) is 41.1 Å². The molecule has 17 heteroatoms. The second-order valence-corrected chi connectivity index (χ2v) is 10.5. The topological polar surface area (TPSA) is 140 Å². The van der Waals surface area contributed by atoms with Crippen LogP contribution in [-0.2, 0) is 4.74 Å². The molecule has 12 nitrogen and oxygen atoms in total. The minimum Gasteiger partial charge on any atom is -0.382 e. The lowest BCUT2D eigenvalue weighted by atomic mass is 9.85. The number of nitrogens with zero attached hydrogens (tertiary/aromatic N) is 6. The van der Waals surface area contributed by atoms with Gasteiger partial charge in [-0.1, -0.05) is 19.0 Å². The number of aromatic nitrogens is 5. The molecule has 1 saturated heterocycles. The first-order valence-electron chi connectivity index (χ1n) is 12.5. The lowest BCUT2D eigenvalue weighted by molar-refractivity contribution is -0.214. The van der Waals surface area contributed by atoms with Crippen LogP contribution >= 0.6 is 0 Å². The van der Waals surface area contributed by atoms with E-state index in [0.29, 0.717) is 5.56 Å². The van der Waals surface area contributed by atoms with E-state index in [0.717, 1.165) is 18.7 Å². The zero-order valence-electron chi connectivity index (χ0n) is 22.6. The molecule has 0 bridgehead atoms. The highest BCUT2D eigenvalue weighted by Gasteiger charge is 2.47. The predicted octanol–water partition coefficient (Wildman–Crippen LogP) is 3.61.